The van der Waals surface area contributed by atoms with E-state index >= 15 is 0 Å². The van der Waals surface area contributed by atoms with Gasteiger partial charge in [-0.2, -0.15) is 0 Å². The van der Waals surface area contributed by atoms with Crippen molar-refractivity contribution in [3.05, 3.63) is 29.8 Å². The van der Waals surface area contributed by atoms with E-state index in [2.05, 4.69) is 5.32 Å². The molecule has 3 amide bonds. The van der Waals surface area contributed by atoms with Gasteiger partial charge in [-0.1, -0.05) is 0 Å². The number of anilines is 1. The van der Waals surface area contributed by atoms with Gasteiger partial charge in [0.25, 0.3) is 0 Å². The lowest BCUT2D eigenvalue weighted by Crippen LogP contribution is -2.49. The van der Waals surface area contributed by atoms with Crippen LogP contribution in [0.5, 0.6) is 0 Å². The van der Waals surface area contributed by atoms with Crippen LogP contribution in [0.4, 0.5) is 10.5 Å². The zero-order chi connectivity index (χ0) is 20.7. The fourth-order valence-electron chi connectivity index (χ4n) is 3.10. The minimum absolute atomic E-state index is 0.0490. The van der Waals surface area contributed by atoms with Gasteiger partial charge in [0.1, 0.15) is 6.54 Å². The van der Waals surface area contributed by atoms with Crippen molar-refractivity contribution in [2.45, 2.75) is 39.7 Å². The molecule has 0 unspecified atom stereocenters. The van der Waals surface area contributed by atoms with Crippen LogP contribution in [0.2, 0.25) is 0 Å². The molecular formula is C20H27N3O5. The van der Waals surface area contributed by atoms with Crippen LogP contribution in [-0.4, -0.2) is 60.9 Å². The molecule has 1 N–H and O–H groups in total. The topological polar surface area (TPSA) is 96.0 Å². The highest BCUT2D eigenvalue weighted by Gasteiger charge is 2.25. The van der Waals surface area contributed by atoms with E-state index in [1.54, 1.807) is 36.1 Å². The van der Waals surface area contributed by atoms with Crippen LogP contribution < -0.4 is 10.2 Å². The van der Waals surface area contributed by atoms with E-state index in [0.717, 1.165) is 0 Å². The zero-order valence-electron chi connectivity index (χ0n) is 16.6. The van der Waals surface area contributed by atoms with Gasteiger partial charge >= 0.3 is 6.09 Å². The molecule has 8 heteroatoms. The van der Waals surface area contributed by atoms with Gasteiger partial charge in [0, 0.05) is 37.3 Å². The second-order valence-corrected chi connectivity index (χ2v) is 6.74. The Kier molecular flexibility index (Phi) is 7.54. The number of hydrogen-bond donors (Lipinski definition) is 1. The molecule has 1 aliphatic heterocycles. The number of likely N-dealkylation sites (tertiary alicyclic amines) is 1. The Morgan fingerprint density at radius 2 is 1.71 bits per heavy atom. The lowest BCUT2D eigenvalue weighted by molar-refractivity contribution is -0.123. The number of piperidine rings is 1. The Bertz CT molecular complexity index is 724. The molecule has 28 heavy (non-hydrogen) atoms. The summed E-state index contributed by atoms with van der Waals surface area (Å²) in [6.45, 7) is 5.90. The first-order chi connectivity index (χ1) is 13.3. The van der Waals surface area contributed by atoms with Crippen LogP contribution in [0.1, 0.15) is 44.0 Å². The molecule has 152 valence electrons. The molecule has 0 bridgehead atoms. The van der Waals surface area contributed by atoms with Crippen molar-refractivity contribution >= 4 is 29.4 Å². The number of ketones is 1. The van der Waals surface area contributed by atoms with Crippen molar-refractivity contribution in [2.24, 2.45) is 0 Å². The summed E-state index contributed by atoms with van der Waals surface area (Å²) in [5, 5.41) is 2.93. The third-order valence-electron chi connectivity index (χ3n) is 4.65. The van der Waals surface area contributed by atoms with Crippen LogP contribution in [0, 0.1) is 0 Å². The number of carbonyl (C=O) groups is 4. The Balaban J connectivity index is 1.90. The monoisotopic (exact) mass is 389 g/mol. The molecule has 0 aliphatic carbocycles. The van der Waals surface area contributed by atoms with Crippen molar-refractivity contribution in [3.63, 3.8) is 0 Å². The van der Waals surface area contributed by atoms with E-state index in [4.69, 9.17) is 4.74 Å². The summed E-state index contributed by atoms with van der Waals surface area (Å²) in [5.74, 6) is -0.587. The molecule has 1 aromatic carbocycles. The summed E-state index contributed by atoms with van der Waals surface area (Å²) in [7, 11) is 0. The quantitative estimate of drug-likeness (QED) is 0.751. The lowest BCUT2D eigenvalue weighted by atomic mass is 10.1. The molecule has 8 nitrogen and oxygen atoms in total. The minimum atomic E-state index is -0.330. The predicted octanol–water partition coefficient (Wildman–Crippen LogP) is 1.98. The van der Waals surface area contributed by atoms with Gasteiger partial charge in [-0.05, 0) is 51.0 Å². The number of ether oxygens (including phenoxy) is 1. The highest BCUT2D eigenvalue weighted by Crippen LogP contribution is 2.16. The van der Waals surface area contributed by atoms with E-state index in [-0.39, 0.29) is 36.3 Å². The smallest absolute Gasteiger partial charge is 0.409 e. The molecule has 0 atom stereocenters. The number of hydrogen-bond acceptors (Lipinski definition) is 5. The standard InChI is InChI=1S/C20H27N3O5/c1-4-28-20(27)22-11-9-17(10-12-22)21-19(26)13-23(15(3)25)18-7-5-16(6-8-18)14(2)24/h5-8,17H,4,9-13H2,1-3H3,(H,21,26). The van der Waals surface area contributed by atoms with Gasteiger partial charge < -0.3 is 19.9 Å². The maximum absolute atomic E-state index is 12.4. The van der Waals surface area contributed by atoms with E-state index in [0.29, 0.717) is 43.8 Å². The van der Waals surface area contributed by atoms with E-state index < -0.39 is 0 Å². The van der Waals surface area contributed by atoms with Gasteiger partial charge in [0.05, 0.1) is 6.61 Å². The van der Waals surface area contributed by atoms with Gasteiger partial charge in [-0.3, -0.25) is 14.4 Å². The molecule has 0 saturated carbocycles. The second kappa shape index (κ2) is 9.87. The first kappa shape index (κ1) is 21.4. The van der Waals surface area contributed by atoms with Crippen LogP contribution in [-0.2, 0) is 14.3 Å². The average molecular weight is 389 g/mol. The van der Waals surface area contributed by atoms with Crippen molar-refractivity contribution in [2.75, 3.05) is 31.1 Å². The minimum Gasteiger partial charge on any atom is -0.450 e. The summed E-state index contributed by atoms with van der Waals surface area (Å²) in [6, 6.07) is 6.53. The average Bonchev–Trinajstić information content (AvgIpc) is 2.66. The van der Waals surface area contributed by atoms with Gasteiger partial charge in [0.2, 0.25) is 11.8 Å². The maximum atomic E-state index is 12.4. The maximum Gasteiger partial charge on any atom is 0.409 e. The summed E-state index contributed by atoms with van der Waals surface area (Å²) < 4.78 is 4.98. The highest BCUT2D eigenvalue weighted by molar-refractivity contribution is 5.98. The molecular weight excluding hydrogens is 362 g/mol. The second-order valence-electron chi connectivity index (χ2n) is 6.74. The highest BCUT2D eigenvalue weighted by atomic mass is 16.6. The first-order valence-corrected chi connectivity index (χ1v) is 9.42. The Morgan fingerprint density at radius 1 is 1.11 bits per heavy atom. The molecule has 0 spiro atoms. The Hall–Kier alpha value is -2.90. The molecule has 1 aliphatic rings. The number of benzene rings is 1. The SMILES string of the molecule is CCOC(=O)N1CCC(NC(=O)CN(C(C)=O)c2ccc(C(C)=O)cc2)CC1. The molecule has 1 fully saturated rings. The number of nitrogens with one attached hydrogen (secondary N) is 1. The van der Waals surface area contributed by atoms with Gasteiger partial charge in [-0.25, -0.2) is 4.79 Å². The zero-order valence-corrected chi connectivity index (χ0v) is 16.6. The summed E-state index contributed by atoms with van der Waals surface area (Å²) in [6.07, 6.45) is 0.944. The van der Waals surface area contributed by atoms with Crippen molar-refractivity contribution in [3.8, 4) is 0 Å². The largest absolute Gasteiger partial charge is 0.450 e. The summed E-state index contributed by atoms with van der Waals surface area (Å²) in [4.78, 5) is 50.5. The molecule has 2 rings (SSSR count). The number of nitrogens with zero attached hydrogens (tertiary/aromatic N) is 2. The normalized spacial score (nSPS) is 14.3. The van der Waals surface area contributed by atoms with Crippen LogP contribution in [0.3, 0.4) is 0 Å². The lowest BCUT2D eigenvalue weighted by Gasteiger charge is -2.32. The Labute approximate surface area is 164 Å². The number of amides is 3. The molecule has 1 heterocycles. The molecule has 0 aromatic heterocycles. The number of carbonyl (C=O) groups excluding carboxylic acids is 4. The first-order valence-electron chi connectivity index (χ1n) is 9.42. The van der Waals surface area contributed by atoms with Gasteiger partial charge in [-0.15, -0.1) is 0 Å². The van der Waals surface area contributed by atoms with E-state index in [1.165, 1.54) is 18.7 Å². The van der Waals surface area contributed by atoms with Crippen molar-refractivity contribution in [1.82, 2.24) is 10.2 Å². The van der Waals surface area contributed by atoms with Crippen molar-refractivity contribution in [1.29, 1.82) is 0 Å². The van der Waals surface area contributed by atoms with Crippen LogP contribution in [0.25, 0.3) is 0 Å². The fourth-order valence-corrected chi connectivity index (χ4v) is 3.10. The fraction of sp³-hybridized carbons (Fsp3) is 0.500. The van der Waals surface area contributed by atoms with E-state index in [9.17, 15) is 19.2 Å². The Morgan fingerprint density at radius 3 is 2.21 bits per heavy atom. The van der Waals surface area contributed by atoms with Crippen LogP contribution in [0.15, 0.2) is 24.3 Å². The number of Topliss-reactive ketones (excluding diaryl/α,β-unsaturated/α-hetero) is 1. The summed E-state index contributed by atoms with van der Waals surface area (Å²) in [5.41, 5.74) is 1.11. The van der Waals surface area contributed by atoms with Crippen LogP contribution >= 0.6 is 0 Å². The molecule has 1 aromatic rings. The van der Waals surface area contributed by atoms with Crippen molar-refractivity contribution < 1.29 is 23.9 Å². The van der Waals surface area contributed by atoms with Gasteiger partial charge in [0.15, 0.2) is 5.78 Å². The van der Waals surface area contributed by atoms with E-state index in [1.807, 2.05) is 0 Å². The third-order valence-corrected chi connectivity index (χ3v) is 4.65. The number of rotatable bonds is 6. The molecule has 1 saturated heterocycles. The molecule has 0 radical (unpaired) electrons. The predicted molar refractivity (Wildman–Crippen MR) is 104 cm³/mol. The third kappa shape index (κ3) is 5.80. The summed E-state index contributed by atoms with van der Waals surface area (Å²) >= 11 is 0.